The lowest BCUT2D eigenvalue weighted by Crippen LogP contribution is -2.31. The van der Waals surface area contributed by atoms with Gasteiger partial charge < -0.3 is 0 Å². The van der Waals surface area contributed by atoms with Crippen LogP contribution < -0.4 is 11.3 Å². The minimum Gasteiger partial charge on any atom is -0.271 e. The molecule has 0 aliphatic carbocycles. The van der Waals surface area contributed by atoms with E-state index in [0.29, 0.717) is 5.92 Å². The van der Waals surface area contributed by atoms with E-state index in [9.17, 15) is 0 Å². The highest BCUT2D eigenvalue weighted by Gasteiger charge is 2.12. The van der Waals surface area contributed by atoms with Crippen molar-refractivity contribution in [1.82, 2.24) is 5.43 Å². The summed E-state index contributed by atoms with van der Waals surface area (Å²) < 4.78 is 0. The van der Waals surface area contributed by atoms with Crippen LogP contribution in [0.15, 0.2) is 30.3 Å². The van der Waals surface area contributed by atoms with Crippen LogP contribution in [-0.2, 0) is 0 Å². The van der Waals surface area contributed by atoms with Crippen LogP contribution in [0, 0.1) is 5.92 Å². The summed E-state index contributed by atoms with van der Waals surface area (Å²) in [6, 6.07) is 10.5. The van der Waals surface area contributed by atoms with Crippen LogP contribution in [0.4, 0.5) is 0 Å². The second-order valence-electron chi connectivity index (χ2n) is 3.30. The highest BCUT2D eigenvalue weighted by Crippen LogP contribution is 2.19. The lowest BCUT2D eigenvalue weighted by molar-refractivity contribution is 0.421. The topological polar surface area (TPSA) is 38.0 Å². The van der Waals surface area contributed by atoms with Crippen molar-refractivity contribution in [3.8, 4) is 0 Å². The number of hydrogen-bond acceptors (Lipinski definition) is 2. The largest absolute Gasteiger partial charge is 0.271 e. The van der Waals surface area contributed by atoms with Gasteiger partial charge in [0.05, 0.1) is 0 Å². The van der Waals surface area contributed by atoms with E-state index in [1.54, 1.807) is 0 Å². The molecule has 0 aliphatic heterocycles. The first-order chi connectivity index (χ1) is 5.75. The molecule has 0 heterocycles. The minimum absolute atomic E-state index is 0.256. The van der Waals surface area contributed by atoms with Crippen LogP contribution in [0.1, 0.15) is 25.5 Å². The highest BCUT2D eigenvalue weighted by atomic mass is 15.2. The average molecular weight is 164 g/mol. The second kappa shape index (κ2) is 4.24. The summed E-state index contributed by atoms with van der Waals surface area (Å²) in [5.41, 5.74) is 4.06. The molecule has 3 N–H and O–H groups in total. The Hall–Kier alpha value is -0.860. The summed E-state index contributed by atoms with van der Waals surface area (Å²) in [6.45, 7) is 4.30. The van der Waals surface area contributed by atoms with E-state index < -0.39 is 0 Å². The SMILES string of the molecule is CC(C)C(NN)c1ccccc1. The maximum Gasteiger partial charge on any atom is 0.0482 e. The zero-order chi connectivity index (χ0) is 8.97. The van der Waals surface area contributed by atoms with E-state index in [4.69, 9.17) is 5.84 Å². The first-order valence-corrected chi connectivity index (χ1v) is 4.26. The van der Waals surface area contributed by atoms with E-state index in [-0.39, 0.29) is 6.04 Å². The van der Waals surface area contributed by atoms with E-state index in [1.165, 1.54) is 5.56 Å². The van der Waals surface area contributed by atoms with Crippen molar-refractivity contribution < 1.29 is 0 Å². The van der Waals surface area contributed by atoms with E-state index in [1.807, 2.05) is 18.2 Å². The molecule has 2 nitrogen and oxygen atoms in total. The Balaban J connectivity index is 2.80. The highest BCUT2D eigenvalue weighted by molar-refractivity contribution is 5.18. The smallest absolute Gasteiger partial charge is 0.0482 e. The Bertz CT molecular complexity index is 219. The Morgan fingerprint density at radius 2 is 1.75 bits per heavy atom. The molecule has 0 saturated carbocycles. The summed E-state index contributed by atoms with van der Waals surface area (Å²) in [5, 5.41) is 0. The van der Waals surface area contributed by atoms with Crippen LogP contribution in [0.2, 0.25) is 0 Å². The first kappa shape index (κ1) is 9.23. The molecule has 0 bridgehead atoms. The van der Waals surface area contributed by atoms with Crippen LogP contribution in [0.25, 0.3) is 0 Å². The van der Waals surface area contributed by atoms with Gasteiger partial charge in [-0.1, -0.05) is 44.2 Å². The van der Waals surface area contributed by atoms with Crippen LogP contribution in [-0.4, -0.2) is 0 Å². The molecule has 1 unspecified atom stereocenters. The Morgan fingerprint density at radius 1 is 1.17 bits per heavy atom. The molecule has 0 spiro atoms. The third-order valence-corrected chi connectivity index (χ3v) is 2.00. The predicted octanol–water partition coefficient (Wildman–Crippen LogP) is 1.85. The van der Waals surface area contributed by atoms with Crippen molar-refractivity contribution in [3.63, 3.8) is 0 Å². The van der Waals surface area contributed by atoms with E-state index in [2.05, 4.69) is 31.4 Å². The monoisotopic (exact) mass is 164 g/mol. The normalized spacial score (nSPS) is 13.3. The van der Waals surface area contributed by atoms with Crippen molar-refractivity contribution in [3.05, 3.63) is 35.9 Å². The maximum absolute atomic E-state index is 5.46. The average Bonchev–Trinajstić information content (AvgIpc) is 2.07. The first-order valence-electron chi connectivity index (χ1n) is 4.26. The molecular formula is C10H16N2. The van der Waals surface area contributed by atoms with Crippen molar-refractivity contribution in [2.24, 2.45) is 11.8 Å². The Kier molecular flexibility index (Phi) is 3.26. The molecule has 0 saturated heterocycles. The molecule has 0 fully saturated rings. The molecular weight excluding hydrogens is 148 g/mol. The molecule has 0 aliphatic rings. The van der Waals surface area contributed by atoms with Gasteiger partial charge >= 0.3 is 0 Å². The molecule has 1 aromatic rings. The molecule has 1 aromatic carbocycles. The van der Waals surface area contributed by atoms with Gasteiger partial charge in [-0.3, -0.25) is 11.3 Å². The van der Waals surface area contributed by atoms with Crippen molar-refractivity contribution in [1.29, 1.82) is 0 Å². The third-order valence-electron chi connectivity index (χ3n) is 2.00. The second-order valence-corrected chi connectivity index (χ2v) is 3.30. The standard InChI is InChI=1S/C10H16N2/c1-8(2)10(12-11)9-6-4-3-5-7-9/h3-8,10,12H,11H2,1-2H3. The van der Waals surface area contributed by atoms with E-state index in [0.717, 1.165) is 0 Å². The lowest BCUT2D eigenvalue weighted by Gasteiger charge is -2.19. The summed E-state index contributed by atoms with van der Waals surface area (Å²) in [6.07, 6.45) is 0. The molecule has 1 atom stereocenters. The Morgan fingerprint density at radius 3 is 2.17 bits per heavy atom. The predicted molar refractivity (Wildman–Crippen MR) is 51.3 cm³/mol. The molecule has 0 radical (unpaired) electrons. The van der Waals surface area contributed by atoms with Crippen LogP contribution in [0.3, 0.4) is 0 Å². The third kappa shape index (κ3) is 2.06. The maximum atomic E-state index is 5.46. The van der Waals surface area contributed by atoms with Gasteiger partial charge in [-0.25, -0.2) is 0 Å². The zero-order valence-corrected chi connectivity index (χ0v) is 7.62. The van der Waals surface area contributed by atoms with Crippen molar-refractivity contribution >= 4 is 0 Å². The van der Waals surface area contributed by atoms with Gasteiger partial charge in [-0.05, 0) is 11.5 Å². The fourth-order valence-electron chi connectivity index (χ4n) is 1.33. The molecule has 2 heteroatoms. The molecule has 0 aromatic heterocycles. The summed E-state index contributed by atoms with van der Waals surface area (Å²) in [5.74, 6) is 5.97. The fraction of sp³-hybridized carbons (Fsp3) is 0.400. The van der Waals surface area contributed by atoms with Crippen LogP contribution in [0.5, 0.6) is 0 Å². The fourth-order valence-corrected chi connectivity index (χ4v) is 1.33. The molecule has 0 amide bonds. The quantitative estimate of drug-likeness (QED) is 0.528. The van der Waals surface area contributed by atoms with Crippen molar-refractivity contribution in [2.75, 3.05) is 0 Å². The lowest BCUT2D eigenvalue weighted by atomic mass is 9.97. The Labute approximate surface area is 73.8 Å². The van der Waals surface area contributed by atoms with Crippen molar-refractivity contribution in [2.45, 2.75) is 19.9 Å². The van der Waals surface area contributed by atoms with Gasteiger partial charge in [0.15, 0.2) is 0 Å². The van der Waals surface area contributed by atoms with Gasteiger partial charge in [0.2, 0.25) is 0 Å². The number of hydrazine groups is 1. The molecule has 66 valence electrons. The molecule has 12 heavy (non-hydrogen) atoms. The van der Waals surface area contributed by atoms with Gasteiger partial charge in [0.25, 0.3) is 0 Å². The van der Waals surface area contributed by atoms with Crippen LogP contribution >= 0.6 is 0 Å². The van der Waals surface area contributed by atoms with Gasteiger partial charge in [-0.2, -0.15) is 0 Å². The summed E-state index contributed by atoms with van der Waals surface area (Å²) in [7, 11) is 0. The number of nitrogens with two attached hydrogens (primary N) is 1. The van der Waals surface area contributed by atoms with Gasteiger partial charge in [0, 0.05) is 6.04 Å². The summed E-state index contributed by atoms with van der Waals surface area (Å²) in [4.78, 5) is 0. The number of rotatable bonds is 3. The molecule has 1 rings (SSSR count). The number of benzene rings is 1. The number of hydrogen-bond donors (Lipinski definition) is 2. The minimum atomic E-state index is 0.256. The zero-order valence-electron chi connectivity index (χ0n) is 7.62. The van der Waals surface area contributed by atoms with Gasteiger partial charge in [-0.15, -0.1) is 0 Å². The number of nitrogens with one attached hydrogen (secondary N) is 1. The summed E-state index contributed by atoms with van der Waals surface area (Å²) >= 11 is 0. The van der Waals surface area contributed by atoms with Gasteiger partial charge in [0.1, 0.15) is 0 Å². The van der Waals surface area contributed by atoms with E-state index >= 15 is 0 Å².